The minimum Gasteiger partial charge on any atom is -0.493 e. The standard InChI is InChI=1S/C21H24O5/c1-12-10-14(3)17(11-13(12)2)19(22)15(4)26-21(23)16-8-7-9-18(24-5)20(16)25-6/h7-11,15H,1-6H3/t15-/m0/s1. The Labute approximate surface area is 153 Å². The van der Waals surface area contributed by atoms with E-state index in [1.54, 1.807) is 25.1 Å². The number of benzene rings is 2. The zero-order valence-corrected chi connectivity index (χ0v) is 16.0. The van der Waals surface area contributed by atoms with E-state index in [4.69, 9.17) is 14.2 Å². The molecule has 0 aliphatic rings. The number of carbonyl (C=O) groups is 2. The van der Waals surface area contributed by atoms with Crippen molar-refractivity contribution in [3.05, 3.63) is 58.1 Å². The molecule has 1 atom stereocenters. The van der Waals surface area contributed by atoms with Crippen molar-refractivity contribution in [3.8, 4) is 11.5 Å². The highest BCUT2D eigenvalue weighted by Crippen LogP contribution is 2.31. The first-order valence-electron chi connectivity index (χ1n) is 8.34. The molecule has 2 aromatic rings. The van der Waals surface area contributed by atoms with Crippen LogP contribution in [0, 0.1) is 20.8 Å². The van der Waals surface area contributed by atoms with Gasteiger partial charge in [0, 0.05) is 5.56 Å². The summed E-state index contributed by atoms with van der Waals surface area (Å²) in [5.74, 6) is -0.170. The topological polar surface area (TPSA) is 61.8 Å². The van der Waals surface area contributed by atoms with Gasteiger partial charge in [-0.2, -0.15) is 0 Å². The summed E-state index contributed by atoms with van der Waals surface area (Å²) in [5, 5.41) is 0. The van der Waals surface area contributed by atoms with E-state index in [0.717, 1.165) is 16.7 Å². The maximum absolute atomic E-state index is 12.7. The Kier molecular flexibility index (Phi) is 6.03. The van der Waals surface area contributed by atoms with Crippen LogP contribution < -0.4 is 9.47 Å². The SMILES string of the molecule is COc1cccc(C(=O)O[C@@H](C)C(=O)c2cc(C)c(C)cc2C)c1OC. The monoisotopic (exact) mass is 356 g/mol. The van der Waals surface area contributed by atoms with E-state index in [1.807, 2.05) is 32.9 Å². The summed E-state index contributed by atoms with van der Waals surface area (Å²) in [6.45, 7) is 7.39. The van der Waals surface area contributed by atoms with Crippen molar-refractivity contribution in [1.82, 2.24) is 0 Å². The third kappa shape index (κ3) is 3.87. The second-order valence-electron chi connectivity index (χ2n) is 6.20. The number of ether oxygens (including phenoxy) is 3. The van der Waals surface area contributed by atoms with Crippen molar-refractivity contribution < 1.29 is 23.8 Å². The van der Waals surface area contributed by atoms with Crippen molar-refractivity contribution in [3.63, 3.8) is 0 Å². The molecule has 0 heterocycles. The molecule has 26 heavy (non-hydrogen) atoms. The van der Waals surface area contributed by atoms with Crippen LogP contribution in [0.4, 0.5) is 0 Å². The van der Waals surface area contributed by atoms with Gasteiger partial charge < -0.3 is 14.2 Å². The molecule has 0 bridgehead atoms. The number of rotatable bonds is 6. The van der Waals surface area contributed by atoms with Gasteiger partial charge in [-0.3, -0.25) is 4.79 Å². The molecule has 0 aromatic heterocycles. The van der Waals surface area contributed by atoms with Crippen molar-refractivity contribution in [2.24, 2.45) is 0 Å². The van der Waals surface area contributed by atoms with Crippen molar-refractivity contribution in [1.29, 1.82) is 0 Å². The predicted molar refractivity (Wildman–Crippen MR) is 99.4 cm³/mol. The molecular formula is C21H24O5. The summed E-state index contributed by atoms with van der Waals surface area (Å²) in [5.41, 5.74) is 3.77. The normalized spacial score (nSPS) is 11.6. The van der Waals surface area contributed by atoms with Gasteiger partial charge in [0.25, 0.3) is 0 Å². The first-order chi connectivity index (χ1) is 12.3. The molecule has 0 aliphatic heterocycles. The second-order valence-corrected chi connectivity index (χ2v) is 6.20. The lowest BCUT2D eigenvalue weighted by atomic mass is 9.96. The third-order valence-electron chi connectivity index (χ3n) is 4.38. The van der Waals surface area contributed by atoms with Gasteiger partial charge in [0.2, 0.25) is 5.78 Å². The fraction of sp³-hybridized carbons (Fsp3) is 0.333. The van der Waals surface area contributed by atoms with Gasteiger partial charge in [-0.1, -0.05) is 12.1 Å². The smallest absolute Gasteiger partial charge is 0.342 e. The summed E-state index contributed by atoms with van der Waals surface area (Å²) < 4.78 is 15.8. The summed E-state index contributed by atoms with van der Waals surface area (Å²) in [6.07, 6.45) is -0.917. The number of para-hydroxylation sites is 1. The molecule has 2 aromatic carbocycles. The average Bonchev–Trinajstić information content (AvgIpc) is 2.63. The number of Topliss-reactive ketones (excluding diaryl/α,β-unsaturated/α-hetero) is 1. The number of aryl methyl sites for hydroxylation is 3. The molecule has 138 valence electrons. The Bertz CT molecular complexity index is 839. The fourth-order valence-electron chi connectivity index (χ4n) is 2.77. The van der Waals surface area contributed by atoms with Crippen LogP contribution in [-0.4, -0.2) is 32.1 Å². The number of hydrogen-bond donors (Lipinski definition) is 0. The van der Waals surface area contributed by atoms with Gasteiger partial charge in [0.05, 0.1) is 14.2 Å². The quantitative estimate of drug-likeness (QED) is 0.577. The number of ketones is 1. The summed E-state index contributed by atoms with van der Waals surface area (Å²) in [6, 6.07) is 8.72. The highest BCUT2D eigenvalue weighted by atomic mass is 16.6. The van der Waals surface area contributed by atoms with Gasteiger partial charge in [0.15, 0.2) is 17.6 Å². The first kappa shape index (κ1) is 19.5. The van der Waals surface area contributed by atoms with Gasteiger partial charge >= 0.3 is 5.97 Å². The van der Waals surface area contributed by atoms with Crippen LogP contribution in [0.2, 0.25) is 0 Å². The molecule has 0 unspecified atom stereocenters. The van der Waals surface area contributed by atoms with Gasteiger partial charge in [-0.25, -0.2) is 4.79 Å². The lowest BCUT2D eigenvalue weighted by molar-refractivity contribution is 0.0315. The molecule has 0 aliphatic carbocycles. The molecule has 5 nitrogen and oxygen atoms in total. The van der Waals surface area contributed by atoms with Crippen LogP contribution in [0.3, 0.4) is 0 Å². The van der Waals surface area contributed by atoms with Gasteiger partial charge in [0.1, 0.15) is 5.56 Å². The molecule has 0 fully saturated rings. The minimum atomic E-state index is -0.917. The lowest BCUT2D eigenvalue weighted by Gasteiger charge is -2.17. The largest absolute Gasteiger partial charge is 0.493 e. The van der Waals surface area contributed by atoms with Crippen LogP contribution in [0.25, 0.3) is 0 Å². The maximum Gasteiger partial charge on any atom is 0.342 e. The van der Waals surface area contributed by atoms with E-state index in [1.165, 1.54) is 14.2 Å². The first-order valence-corrected chi connectivity index (χ1v) is 8.34. The molecule has 5 heteroatoms. The molecule has 0 N–H and O–H groups in total. The number of hydrogen-bond acceptors (Lipinski definition) is 5. The van der Waals surface area contributed by atoms with E-state index in [9.17, 15) is 9.59 Å². The fourth-order valence-corrected chi connectivity index (χ4v) is 2.77. The number of esters is 1. The Hall–Kier alpha value is -2.82. The van der Waals surface area contributed by atoms with Crippen LogP contribution in [0.15, 0.2) is 30.3 Å². The minimum absolute atomic E-state index is 0.211. The lowest BCUT2D eigenvalue weighted by Crippen LogP contribution is -2.25. The van der Waals surface area contributed by atoms with E-state index in [2.05, 4.69) is 0 Å². The van der Waals surface area contributed by atoms with Crippen LogP contribution in [0.5, 0.6) is 11.5 Å². The Morgan fingerprint density at radius 2 is 1.54 bits per heavy atom. The summed E-state index contributed by atoms with van der Waals surface area (Å²) in [4.78, 5) is 25.3. The van der Waals surface area contributed by atoms with Crippen LogP contribution in [-0.2, 0) is 4.74 Å². The molecule has 0 radical (unpaired) electrons. The van der Waals surface area contributed by atoms with E-state index in [-0.39, 0.29) is 17.1 Å². The van der Waals surface area contributed by atoms with Gasteiger partial charge in [-0.15, -0.1) is 0 Å². The van der Waals surface area contributed by atoms with Crippen LogP contribution in [0.1, 0.15) is 44.3 Å². The zero-order chi connectivity index (χ0) is 19.4. The maximum atomic E-state index is 12.7. The molecule has 0 spiro atoms. The average molecular weight is 356 g/mol. The Morgan fingerprint density at radius 1 is 0.885 bits per heavy atom. The number of carbonyl (C=O) groups excluding carboxylic acids is 2. The Balaban J connectivity index is 2.25. The molecular weight excluding hydrogens is 332 g/mol. The summed E-state index contributed by atoms with van der Waals surface area (Å²) >= 11 is 0. The number of methoxy groups -OCH3 is 2. The highest BCUT2D eigenvalue weighted by molar-refractivity contribution is 6.03. The van der Waals surface area contributed by atoms with E-state index < -0.39 is 12.1 Å². The zero-order valence-electron chi connectivity index (χ0n) is 16.0. The van der Waals surface area contributed by atoms with Crippen molar-refractivity contribution in [2.75, 3.05) is 14.2 Å². The van der Waals surface area contributed by atoms with Crippen LogP contribution >= 0.6 is 0 Å². The molecule has 0 saturated carbocycles. The van der Waals surface area contributed by atoms with Gasteiger partial charge in [-0.05, 0) is 62.6 Å². The van der Waals surface area contributed by atoms with Crippen molar-refractivity contribution in [2.45, 2.75) is 33.8 Å². The third-order valence-corrected chi connectivity index (χ3v) is 4.38. The second kappa shape index (κ2) is 8.04. The van der Waals surface area contributed by atoms with Crippen molar-refractivity contribution >= 4 is 11.8 Å². The highest BCUT2D eigenvalue weighted by Gasteiger charge is 2.25. The van der Waals surface area contributed by atoms with E-state index in [0.29, 0.717) is 11.3 Å². The predicted octanol–water partition coefficient (Wildman–Crippen LogP) is 4.06. The van der Waals surface area contributed by atoms with E-state index >= 15 is 0 Å². The summed E-state index contributed by atoms with van der Waals surface area (Å²) in [7, 11) is 2.93. The molecule has 2 rings (SSSR count). The molecule has 0 amide bonds. The Morgan fingerprint density at radius 3 is 2.15 bits per heavy atom. The molecule has 0 saturated heterocycles.